The Kier molecular flexibility index (Phi) is 4.39. The molecular weight excluding hydrogens is 176 g/mol. The zero-order chi connectivity index (χ0) is 10.6. The van der Waals surface area contributed by atoms with Gasteiger partial charge in [0, 0.05) is 13.1 Å². The lowest BCUT2D eigenvalue weighted by atomic mass is 9.99. The van der Waals surface area contributed by atoms with Crippen LogP contribution in [0.2, 0.25) is 0 Å². The van der Waals surface area contributed by atoms with E-state index in [1.165, 1.54) is 6.42 Å². The van der Waals surface area contributed by atoms with Crippen LogP contribution in [-0.2, 0) is 4.79 Å². The van der Waals surface area contributed by atoms with Gasteiger partial charge in [-0.25, -0.2) is 0 Å². The smallest absolute Gasteiger partial charge is 0.239 e. The van der Waals surface area contributed by atoms with Crippen molar-refractivity contribution in [1.29, 1.82) is 0 Å². The van der Waals surface area contributed by atoms with Crippen molar-refractivity contribution in [3.63, 3.8) is 0 Å². The summed E-state index contributed by atoms with van der Waals surface area (Å²) in [4.78, 5) is 13.8. The monoisotopic (exact) mass is 198 g/mol. The highest BCUT2D eigenvalue weighted by atomic mass is 16.2. The van der Waals surface area contributed by atoms with Crippen molar-refractivity contribution >= 4 is 5.91 Å². The second-order valence-electron chi connectivity index (χ2n) is 4.43. The van der Waals surface area contributed by atoms with Crippen LogP contribution < -0.4 is 5.73 Å². The van der Waals surface area contributed by atoms with Gasteiger partial charge in [0.25, 0.3) is 0 Å². The summed E-state index contributed by atoms with van der Waals surface area (Å²) in [5, 5.41) is 0. The first kappa shape index (κ1) is 11.5. The topological polar surface area (TPSA) is 46.3 Å². The van der Waals surface area contributed by atoms with E-state index < -0.39 is 0 Å². The number of carbonyl (C=O) groups excluding carboxylic acids is 1. The summed E-state index contributed by atoms with van der Waals surface area (Å²) >= 11 is 0. The molecule has 0 aromatic heterocycles. The second-order valence-corrected chi connectivity index (χ2v) is 4.43. The minimum Gasteiger partial charge on any atom is -0.341 e. The minimum atomic E-state index is -0.273. The molecule has 0 bridgehead atoms. The Morgan fingerprint density at radius 1 is 1.64 bits per heavy atom. The number of nitrogens with zero attached hydrogens (tertiary/aromatic N) is 1. The van der Waals surface area contributed by atoms with Crippen LogP contribution in [0.25, 0.3) is 0 Å². The molecule has 0 spiro atoms. The fraction of sp³-hybridized carbons (Fsp3) is 0.909. The molecule has 1 amide bonds. The first-order valence-electron chi connectivity index (χ1n) is 5.69. The van der Waals surface area contributed by atoms with Gasteiger partial charge in [-0.2, -0.15) is 0 Å². The van der Waals surface area contributed by atoms with Crippen LogP contribution in [0.3, 0.4) is 0 Å². The Balaban J connectivity index is 2.42. The fourth-order valence-electron chi connectivity index (χ4n) is 2.06. The van der Waals surface area contributed by atoms with Crippen molar-refractivity contribution in [1.82, 2.24) is 4.90 Å². The minimum absolute atomic E-state index is 0.151. The highest BCUT2D eigenvalue weighted by Gasteiger charge is 2.24. The molecule has 82 valence electrons. The average molecular weight is 198 g/mol. The number of carbonyl (C=O) groups is 1. The quantitative estimate of drug-likeness (QED) is 0.744. The summed E-state index contributed by atoms with van der Waals surface area (Å²) in [6, 6.07) is -0.273. The predicted molar refractivity (Wildman–Crippen MR) is 57.9 cm³/mol. The van der Waals surface area contributed by atoms with Crippen LogP contribution in [0.1, 0.15) is 39.5 Å². The molecule has 1 saturated heterocycles. The Hall–Kier alpha value is -0.570. The summed E-state index contributed by atoms with van der Waals surface area (Å²) in [7, 11) is 0. The molecule has 14 heavy (non-hydrogen) atoms. The van der Waals surface area contributed by atoms with Crippen molar-refractivity contribution in [3.8, 4) is 0 Å². The third-order valence-electron chi connectivity index (χ3n) is 2.89. The highest BCUT2D eigenvalue weighted by molar-refractivity contribution is 5.81. The van der Waals surface area contributed by atoms with E-state index in [0.717, 1.165) is 32.4 Å². The molecular formula is C11H22N2O. The van der Waals surface area contributed by atoms with E-state index in [1.807, 2.05) is 4.90 Å². The van der Waals surface area contributed by atoms with Crippen LogP contribution in [0.15, 0.2) is 0 Å². The lowest BCUT2D eigenvalue weighted by Crippen LogP contribution is -2.47. The largest absolute Gasteiger partial charge is 0.341 e. The average Bonchev–Trinajstić information content (AvgIpc) is 2.17. The van der Waals surface area contributed by atoms with E-state index in [-0.39, 0.29) is 11.9 Å². The van der Waals surface area contributed by atoms with Gasteiger partial charge in [0.15, 0.2) is 0 Å². The molecule has 0 aromatic rings. The van der Waals surface area contributed by atoms with Crippen molar-refractivity contribution < 1.29 is 4.79 Å². The standard InChI is InChI=1S/C11H22N2O/c1-3-5-10(12)11(14)13-7-4-6-9(2)8-13/h9-10H,3-8,12H2,1-2H3/t9?,10-/m1/s1. The summed E-state index contributed by atoms with van der Waals surface area (Å²) in [5.41, 5.74) is 5.81. The normalized spacial score (nSPS) is 24.8. The lowest BCUT2D eigenvalue weighted by molar-refractivity contribution is -0.134. The van der Waals surface area contributed by atoms with Gasteiger partial charge in [-0.05, 0) is 25.2 Å². The number of hydrogen-bond donors (Lipinski definition) is 1. The van der Waals surface area contributed by atoms with Crippen molar-refractivity contribution in [2.75, 3.05) is 13.1 Å². The van der Waals surface area contributed by atoms with Crippen LogP contribution in [0.4, 0.5) is 0 Å². The molecule has 1 fully saturated rings. The molecule has 0 saturated carbocycles. The molecule has 1 heterocycles. The maximum Gasteiger partial charge on any atom is 0.239 e. The SMILES string of the molecule is CCC[C@@H](N)C(=O)N1CCCC(C)C1. The maximum atomic E-state index is 11.8. The van der Waals surface area contributed by atoms with E-state index in [1.54, 1.807) is 0 Å². The van der Waals surface area contributed by atoms with E-state index in [0.29, 0.717) is 5.92 Å². The Bertz CT molecular complexity index is 194. The molecule has 0 aliphatic carbocycles. The Morgan fingerprint density at radius 3 is 2.93 bits per heavy atom. The summed E-state index contributed by atoms with van der Waals surface area (Å²) < 4.78 is 0. The number of amides is 1. The molecule has 3 heteroatoms. The molecule has 2 N–H and O–H groups in total. The zero-order valence-corrected chi connectivity index (χ0v) is 9.33. The van der Waals surface area contributed by atoms with Gasteiger partial charge >= 0.3 is 0 Å². The Labute approximate surface area is 86.6 Å². The number of hydrogen-bond acceptors (Lipinski definition) is 2. The van der Waals surface area contributed by atoms with Crippen molar-refractivity contribution in [2.45, 2.75) is 45.6 Å². The number of likely N-dealkylation sites (tertiary alicyclic amines) is 1. The predicted octanol–water partition coefficient (Wildman–Crippen LogP) is 1.37. The van der Waals surface area contributed by atoms with Gasteiger partial charge in [-0.15, -0.1) is 0 Å². The van der Waals surface area contributed by atoms with E-state index in [9.17, 15) is 4.79 Å². The van der Waals surface area contributed by atoms with Crippen LogP contribution in [-0.4, -0.2) is 29.9 Å². The summed E-state index contributed by atoms with van der Waals surface area (Å²) in [6.45, 7) is 6.06. The molecule has 1 aliphatic rings. The maximum absolute atomic E-state index is 11.8. The number of piperidine rings is 1. The highest BCUT2D eigenvalue weighted by Crippen LogP contribution is 2.16. The van der Waals surface area contributed by atoms with Gasteiger partial charge in [-0.1, -0.05) is 20.3 Å². The summed E-state index contributed by atoms with van der Waals surface area (Å²) in [6.07, 6.45) is 4.17. The van der Waals surface area contributed by atoms with Gasteiger partial charge < -0.3 is 10.6 Å². The molecule has 0 aromatic carbocycles. The van der Waals surface area contributed by atoms with E-state index in [2.05, 4.69) is 13.8 Å². The molecule has 3 nitrogen and oxygen atoms in total. The van der Waals surface area contributed by atoms with Crippen molar-refractivity contribution in [2.24, 2.45) is 11.7 Å². The zero-order valence-electron chi connectivity index (χ0n) is 9.33. The third-order valence-corrected chi connectivity index (χ3v) is 2.89. The number of rotatable bonds is 3. The Morgan fingerprint density at radius 2 is 2.36 bits per heavy atom. The van der Waals surface area contributed by atoms with E-state index >= 15 is 0 Å². The van der Waals surface area contributed by atoms with Crippen LogP contribution >= 0.6 is 0 Å². The fourth-order valence-corrected chi connectivity index (χ4v) is 2.06. The first-order valence-corrected chi connectivity index (χ1v) is 5.69. The first-order chi connectivity index (χ1) is 6.65. The van der Waals surface area contributed by atoms with Gasteiger partial charge in [0.05, 0.1) is 6.04 Å². The summed E-state index contributed by atoms with van der Waals surface area (Å²) in [5.74, 6) is 0.792. The number of nitrogens with two attached hydrogens (primary N) is 1. The molecule has 2 atom stereocenters. The lowest BCUT2D eigenvalue weighted by Gasteiger charge is -2.32. The van der Waals surface area contributed by atoms with Crippen LogP contribution in [0.5, 0.6) is 0 Å². The molecule has 1 aliphatic heterocycles. The van der Waals surface area contributed by atoms with E-state index in [4.69, 9.17) is 5.73 Å². The van der Waals surface area contributed by atoms with Crippen LogP contribution in [0, 0.1) is 5.92 Å². The molecule has 0 radical (unpaired) electrons. The molecule has 1 unspecified atom stereocenters. The van der Waals surface area contributed by atoms with Gasteiger partial charge in [-0.3, -0.25) is 4.79 Å². The third kappa shape index (κ3) is 2.98. The molecule has 1 rings (SSSR count). The van der Waals surface area contributed by atoms with Gasteiger partial charge in [0.1, 0.15) is 0 Å². The van der Waals surface area contributed by atoms with Gasteiger partial charge in [0.2, 0.25) is 5.91 Å². The second kappa shape index (κ2) is 5.35. The van der Waals surface area contributed by atoms with Crippen molar-refractivity contribution in [3.05, 3.63) is 0 Å².